The number of hydrogen-bond donors (Lipinski definition) is 2. The minimum absolute atomic E-state index is 0.731. The summed E-state index contributed by atoms with van der Waals surface area (Å²) in [6, 6.07) is 6.23. The number of fused-ring (bicyclic) bond motifs is 1. The normalized spacial score (nSPS) is 11.1. The molecule has 2 N–H and O–H groups in total. The van der Waals surface area contributed by atoms with Crippen molar-refractivity contribution in [2.45, 2.75) is 13.3 Å². The van der Waals surface area contributed by atoms with Gasteiger partial charge in [0.1, 0.15) is 5.69 Å². The molecule has 0 bridgehead atoms. The van der Waals surface area contributed by atoms with Crippen LogP contribution in [-0.4, -0.2) is 25.4 Å². The van der Waals surface area contributed by atoms with Gasteiger partial charge in [0, 0.05) is 0 Å². The molecule has 3 rings (SSSR count). The van der Waals surface area contributed by atoms with Gasteiger partial charge in [-0.3, -0.25) is 0 Å². The number of nitrogens with one attached hydrogen (secondary N) is 2. The number of nitrogens with zero attached hydrogens (tertiary/aromatic N) is 3. The number of imidazole rings is 1. The van der Waals surface area contributed by atoms with E-state index in [0.29, 0.717) is 0 Å². The van der Waals surface area contributed by atoms with E-state index < -0.39 is 0 Å². The molecule has 1 aromatic carbocycles. The van der Waals surface area contributed by atoms with Gasteiger partial charge in [-0.2, -0.15) is 15.4 Å². The van der Waals surface area contributed by atoms with E-state index in [1.54, 1.807) is 6.20 Å². The zero-order valence-electron chi connectivity index (χ0n) is 8.86. The molecule has 3 aromatic rings. The molecular formula is C11H11N5. The summed E-state index contributed by atoms with van der Waals surface area (Å²) in [7, 11) is 0. The van der Waals surface area contributed by atoms with Crippen LogP contribution in [0, 0.1) is 0 Å². The molecule has 5 heteroatoms. The van der Waals surface area contributed by atoms with E-state index in [1.807, 2.05) is 6.07 Å². The minimum Gasteiger partial charge on any atom is -0.337 e. The Morgan fingerprint density at radius 3 is 3.00 bits per heavy atom. The second-order valence-electron chi connectivity index (χ2n) is 3.65. The van der Waals surface area contributed by atoms with Gasteiger partial charge >= 0.3 is 0 Å². The predicted molar refractivity (Wildman–Crippen MR) is 60.8 cm³/mol. The molecule has 0 saturated heterocycles. The molecule has 2 aromatic heterocycles. The van der Waals surface area contributed by atoms with Crippen LogP contribution in [-0.2, 0) is 6.42 Å². The van der Waals surface area contributed by atoms with Gasteiger partial charge in [0.05, 0.1) is 17.2 Å². The molecule has 80 valence electrons. The molecule has 16 heavy (non-hydrogen) atoms. The monoisotopic (exact) mass is 213 g/mol. The molecule has 0 fully saturated rings. The zero-order chi connectivity index (χ0) is 11.0. The van der Waals surface area contributed by atoms with Crippen LogP contribution in [0.2, 0.25) is 0 Å². The number of hydrogen-bond acceptors (Lipinski definition) is 3. The maximum absolute atomic E-state index is 4.45. The van der Waals surface area contributed by atoms with E-state index in [0.717, 1.165) is 29.0 Å². The van der Waals surface area contributed by atoms with Crippen molar-refractivity contribution in [2.24, 2.45) is 0 Å². The third-order valence-electron chi connectivity index (χ3n) is 2.61. The second kappa shape index (κ2) is 3.44. The Morgan fingerprint density at radius 1 is 1.31 bits per heavy atom. The Hall–Kier alpha value is -2.17. The summed E-state index contributed by atoms with van der Waals surface area (Å²) in [4.78, 5) is 7.69. The largest absolute Gasteiger partial charge is 0.337 e. The van der Waals surface area contributed by atoms with Gasteiger partial charge in [0.25, 0.3) is 0 Å². The highest BCUT2D eigenvalue weighted by atomic mass is 15.3. The van der Waals surface area contributed by atoms with Gasteiger partial charge in [-0.25, -0.2) is 4.98 Å². The Kier molecular flexibility index (Phi) is 1.96. The summed E-state index contributed by atoms with van der Waals surface area (Å²) >= 11 is 0. The fourth-order valence-corrected chi connectivity index (χ4v) is 1.71. The average Bonchev–Trinajstić information content (AvgIpc) is 2.96. The van der Waals surface area contributed by atoms with E-state index in [9.17, 15) is 0 Å². The first-order chi connectivity index (χ1) is 7.86. The van der Waals surface area contributed by atoms with Crippen LogP contribution < -0.4 is 0 Å². The number of benzene rings is 1. The summed E-state index contributed by atoms with van der Waals surface area (Å²) in [5.74, 6) is 0.747. The van der Waals surface area contributed by atoms with Crippen LogP contribution in [0.15, 0.2) is 24.4 Å². The van der Waals surface area contributed by atoms with Crippen molar-refractivity contribution in [3.63, 3.8) is 0 Å². The number of aromatic nitrogens is 5. The van der Waals surface area contributed by atoms with Crippen molar-refractivity contribution in [3.8, 4) is 11.5 Å². The quantitative estimate of drug-likeness (QED) is 0.683. The van der Waals surface area contributed by atoms with Crippen LogP contribution in [0.5, 0.6) is 0 Å². The standard InChI is InChI=1S/C11H11N5/c1-2-7-3-4-8-9(5-7)14-11(13-8)10-6-12-16-15-10/h3-6H,2H2,1H3,(H,13,14)(H,12,15,16). The average molecular weight is 213 g/mol. The Labute approximate surface area is 91.9 Å². The molecule has 0 unspecified atom stereocenters. The first-order valence-electron chi connectivity index (χ1n) is 5.21. The van der Waals surface area contributed by atoms with Crippen molar-refractivity contribution in [1.82, 2.24) is 25.4 Å². The minimum atomic E-state index is 0.731. The number of rotatable bonds is 2. The molecule has 0 atom stereocenters. The maximum atomic E-state index is 4.45. The number of aryl methyl sites for hydroxylation is 1. The molecule has 0 radical (unpaired) electrons. The number of aromatic amines is 2. The van der Waals surface area contributed by atoms with Crippen LogP contribution >= 0.6 is 0 Å². The van der Waals surface area contributed by atoms with Gasteiger partial charge in [-0.15, -0.1) is 0 Å². The van der Waals surface area contributed by atoms with E-state index in [2.05, 4.69) is 44.4 Å². The summed E-state index contributed by atoms with van der Waals surface area (Å²) in [5, 5.41) is 10.3. The maximum Gasteiger partial charge on any atom is 0.160 e. The summed E-state index contributed by atoms with van der Waals surface area (Å²) in [6.07, 6.45) is 2.67. The summed E-state index contributed by atoms with van der Waals surface area (Å²) < 4.78 is 0. The van der Waals surface area contributed by atoms with Gasteiger partial charge in [-0.05, 0) is 24.1 Å². The van der Waals surface area contributed by atoms with Crippen LogP contribution in [0.1, 0.15) is 12.5 Å². The molecule has 0 saturated carbocycles. The van der Waals surface area contributed by atoms with Crippen molar-refractivity contribution >= 4 is 11.0 Å². The third-order valence-corrected chi connectivity index (χ3v) is 2.61. The van der Waals surface area contributed by atoms with Crippen LogP contribution in [0.4, 0.5) is 0 Å². The molecule has 2 heterocycles. The van der Waals surface area contributed by atoms with Crippen molar-refractivity contribution in [1.29, 1.82) is 0 Å². The highest BCUT2D eigenvalue weighted by Gasteiger charge is 2.07. The van der Waals surface area contributed by atoms with Gasteiger partial charge in [-0.1, -0.05) is 13.0 Å². The Balaban J connectivity index is 2.16. The Bertz CT molecular complexity index is 608. The van der Waals surface area contributed by atoms with Crippen LogP contribution in [0.25, 0.3) is 22.6 Å². The smallest absolute Gasteiger partial charge is 0.160 e. The molecule has 0 aliphatic carbocycles. The highest BCUT2D eigenvalue weighted by Crippen LogP contribution is 2.19. The zero-order valence-corrected chi connectivity index (χ0v) is 8.86. The fourth-order valence-electron chi connectivity index (χ4n) is 1.71. The molecular weight excluding hydrogens is 202 g/mol. The van der Waals surface area contributed by atoms with E-state index in [1.165, 1.54) is 5.56 Å². The topological polar surface area (TPSA) is 70.2 Å². The lowest BCUT2D eigenvalue weighted by molar-refractivity contribution is 0.940. The highest BCUT2D eigenvalue weighted by molar-refractivity contribution is 5.79. The molecule has 0 aliphatic heterocycles. The lowest BCUT2D eigenvalue weighted by Crippen LogP contribution is -1.79. The number of H-pyrrole nitrogens is 2. The van der Waals surface area contributed by atoms with Gasteiger partial charge < -0.3 is 4.98 Å². The fraction of sp³-hybridized carbons (Fsp3) is 0.182. The molecule has 0 aliphatic rings. The van der Waals surface area contributed by atoms with Gasteiger partial charge in [0.2, 0.25) is 0 Å². The lowest BCUT2D eigenvalue weighted by atomic mass is 10.1. The van der Waals surface area contributed by atoms with E-state index >= 15 is 0 Å². The molecule has 0 amide bonds. The summed E-state index contributed by atoms with van der Waals surface area (Å²) in [6.45, 7) is 2.13. The van der Waals surface area contributed by atoms with Crippen molar-refractivity contribution < 1.29 is 0 Å². The lowest BCUT2D eigenvalue weighted by Gasteiger charge is -1.93. The first-order valence-corrected chi connectivity index (χ1v) is 5.21. The van der Waals surface area contributed by atoms with Crippen molar-refractivity contribution in [2.75, 3.05) is 0 Å². The second-order valence-corrected chi connectivity index (χ2v) is 3.65. The third kappa shape index (κ3) is 1.37. The SMILES string of the molecule is CCc1ccc2nc(-c3cn[nH]n3)[nH]c2c1. The predicted octanol–water partition coefficient (Wildman–Crippen LogP) is 1.91. The van der Waals surface area contributed by atoms with E-state index in [4.69, 9.17) is 0 Å². The first kappa shape index (κ1) is 9.08. The summed E-state index contributed by atoms with van der Waals surface area (Å²) in [5.41, 5.74) is 4.02. The van der Waals surface area contributed by atoms with E-state index in [-0.39, 0.29) is 0 Å². The molecule has 5 nitrogen and oxygen atoms in total. The molecule has 0 spiro atoms. The van der Waals surface area contributed by atoms with Crippen LogP contribution in [0.3, 0.4) is 0 Å². The van der Waals surface area contributed by atoms with Gasteiger partial charge in [0.15, 0.2) is 5.82 Å². The van der Waals surface area contributed by atoms with Crippen molar-refractivity contribution in [3.05, 3.63) is 30.0 Å². The Morgan fingerprint density at radius 2 is 2.25 bits per heavy atom.